The van der Waals surface area contributed by atoms with Crippen LogP contribution in [0.4, 0.5) is 0 Å². The number of aliphatic hydroxyl groups is 1. The number of hydrogen-bond donors (Lipinski definition) is 2. The summed E-state index contributed by atoms with van der Waals surface area (Å²) in [6.07, 6.45) is 0. The van der Waals surface area contributed by atoms with Gasteiger partial charge in [0.1, 0.15) is 0 Å². The molecule has 0 aliphatic carbocycles. The summed E-state index contributed by atoms with van der Waals surface area (Å²) in [5, 5.41) is 17.1. The highest BCUT2D eigenvalue weighted by atomic mass is 35.5. The van der Waals surface area contributed by atoms with Crippen molar-refractivity contribution in [1.82, 2.24) is 0 Å². The van der Waals surface area contributed by atoms with E-state index in [2.05, 4.69) is 0 Å². The van der Waals surface area contributed by atoms with Gasteiger partial charge in [0.2, 0.25) is 0 Å². The van der Waals surface area contributed by atoms with E-state index in [1.807, 2.05) is 0 Å². The van der Waals surface area contributed by atoms with E-state index in [0.29, 0.717) is 0 Å². The Bertz CT molecular complexity index is 401. The van der Waals surface area contributed by atoms with Gasteiger partial charge in [-0.25, -0.2) is 4.79 Å². The zero-order chi connectivity index (χ0) is 11.7. The number of aromatic carboxylic acids is 1. The van der Waals surface area contributed by atoms with Crippen molar-refractivity contribution >= 4 is 52.4 Å². The van der Waals surface area contributed by atoms with Crippen molar-refractivity contribution in [2.24, 2.45) is 0 Å². The third-order valence-electron chi connectivity index (χ3n) is 1.73. The number of hydrogen-bond acceptors (Lipinski definition) is 2. The van der Waals surface area contributed by atoms with Crippen molar-refractivity contribution in [3.8, 4) is 0 Å². The molecule has 0 heterocycles. The highest BCUT2D eigenvalue weighted by Crippen LogP contribution is 2.41. The van der Waals surface area contributed by atoms with Crippen LogP contribution in [0.25, 0.3) is 0 Å². The molecule has 0 amide bonds. The third-order valence-corrected chi connectivity index (χ3v) is 3.51. The third kappa shape index (κ3) is 2.17. The summed E-state index contributed by atoms with van der Waals surface area (Å²) in [5.74, 6) is -1.33. The molecule has 0 atom stereocenters. The average Bonchev–Trinajstić information content (AvgIpc) is 2.16. The molecule has 2 N–H and O–H groups in total. The van der Waals surface area contributed by atoms with E-state index in [1.165, 1.54) is 0 Å². The molecule has 0 aliphatic heterocycles. The van der Waals surface area contributed by atoms with Gasteiger partial charge in [-0.05, 0) is 0 Å². The summed E-state index contributed by atoms with van der Waals surface area (Å²) < 4.78 is 0. The smallest absolute Gasteiger partial charge is 0.338 e. The molecule has 0 saturated heterocycles. The maximum Gasteiger partial charge on any atom is 0.338 e. The Morgan fingerprint density at radius 1 is 1.00 bits per heavy atom. The van der Waals surface area contributed by atoms with E-state index in [4.69, 9.17) is 56.6 Å². The number of rotatable bonds is 2. The predicted molar refractivity (Wildman–Crippen MR) is 59.4 cm³/mol. The van der Waals surface area contributed by atoms with Crippen molar-refractivity contribution in [2.45, 2.75) is 6.61 Å². The molecule has 1 aromatic rings. The van der Waals surface area contributed by atoms with E-state index >= 15 is 0 Å². The molecule has 7 heteroatoms. The van der Waals surface area contributed by atoms with Crippen molar-refractivity contribution in [2.75, 3.05) is 0 Å². The van der Waals surface area contributed by atoms with Crippen LogP contribution in [0.2, 0.25) is 20.1 Å². The fourth-order valence-electron chi connectivity index (χ4n) is 1.00. The number of benzene rings is 1. The van der Waals surface area contributed by atoms with Gasteiger partial charge < -0.3 is 10.2 Å². The minimum Gasteiger partial charge on any atom is -0.478 e. The maximum absolute atomic E-state index is 10.8. The number of carbonyl (C=O) groups is 1. The Hall–Kier alpha value is -0.190. The van der Waals surface area contributed by atoms with E-state index in [9.17, 15) is 4.79 Å². The van der Waals surface area contributed by atoms with Gasteiger partial charge in [0.05, 0.1) is 32.3 Å². The zero-order valence-corrected chi connectivity index (χ0v) is 10.0. The van der Waals surface area contributed by atoms with Crippen LogP contribution in [-0.4, -0.2) is 16.2 Å². The van der Waals surface area contributed by atoms with Crippen LogP contribution in [0.5, 0.6) is 0 Å². The second kappa shape index (κ2) is 4.76. The van der Waals surface area contributed by atoms with Crippen LogP contribution < -0.4 is 0 Å². The summed E-state index contributed by atoms with van der Waals surface area (Å²) >= 11 is 22.8. The molecule has 0 aliphatic rings. The van der Waals surface area contributed by atoms with Crippen molar-refractivity contribution in [3.63, 3.8) is 0 Å². The molecular formula is C8H4Cl4O3. The quantitative estimate of drug-likeness (QED) is 0.820. The second-order valence-corrected chi connectivity index (χ2v) is 4.08. The second-order valence-electron chi connectivity index (χ2n) is 2.57. The van der Waals surface area contributed by atoms with Crippen LogP contribution in [0.15, 0.2) is 0 Å². The van der Waals surface area contributed by atoms with Gasteiger partial charge in [0, 0.05) is 5.56 Å². The number of carboxylic acid groups (broad SMARTS) is 1. The first-order chi connectivity index (χ1) is 6.91. The lowest BCUT2D eigenvalue weighted by molar-refractivity contribution is 0.0697. The summed E-state index contributed by atoms with van der Waals surface area (Å²) in [5.41, 5.74) is -0.260. The first-order valence-electron chi connectivity index (χ1n) is 3.60. The first kappa shape index (κ1) is 12.9. The number of carboxylic acids is 1. The van der Waals surface area contributed by atoms with Gasteiger partial charge in [-0.1, -0.05) is 46.4 Å². The largest absolute Gasteiger partial charge is 0.478 e. The molecule has 0 saturated carbocycles. The van der Waals surface area contributed by atoms with Crippen molar-refractivity contribution < 1.29 is 15.0 Å². The Labute approximate surface area is 105 Å². The molecule has 0 aromatic heterocycles. The highest BCUT2D eigenvalue weighted by Gasteiger charge is 2.23. The van der Waals surface area contributed by atoms with Crippen LogP contribution in [-0.2, 0) is 6.61 Å². The van der Waals surface area contributed by atoms with Gasteiger partial charge in [-0.15, -0.1) is 0 Å². The normalized spacial score (nSPS) is 10.5. The topological polar surface area (TPSA) is 57.5 Å². The minimum absolute atomic E-state index is 0.106. The molecule has 0 unspecified atom stereocenters. The summed E-state index contributed by atoms with van der Waals surface area (Å²) in [7, 11) is 0. The highest BCUT2D eigenvalue weighted by molar-refractivity contribution is 6.50. The molecule has 1 rings (SSSR count). The summed E-state index contributed by atoms with van der Waals surface area (Å²) in [6.45, 7) is -0.475. The Morgan fingerprint density at radius 2 is 1.40 bits per heavy atom. The zero-order valence-electron chi connectivity index (χ0n) is 7.02. The Kier molecular flexibility index (Phi) is 4.09. The summed E-state index contributed by atoms with van der Waals surface area (Å²) in [4.78, 5) is 10.8. The van der Waals surface area contributed by atoms with Crippen LogP contribution >= 0.6 is 46.4 Å². The molecule has 15 heavy (non-hydrogen) atoms. The molecule has 0 spiro atoms. The molecule has 0 radical (unpaired) electrons. The number of halogens is 4. The van der Waals surface area contributed by atoms with Gasteiger partial charge in [0.25, 0.3) is 0 Å². The molecule has 1 aromatic carbocycles. The molecule has 0 fully saturated rings. The Balaban J connectivity index is 3.66. The predicted octanol–water partition coefficient (Wildman–Crippen LogP) is 3.49. The lowest BCUT2D eigenvalue weighted by Gasteiger charge is -2.11. The van der Waals surface area contributed by atoms with E-state index < -0.39 is 12.6 Å². The molecule has 3 nitrogen and oxygen atoms in total. The minimum atomic E-state index is -1.33. The SMILES string of the molecule is O=C(O)c1c(Cl)c(Cl)c(CO)c(Cl)c1Cl. The lowest BCUT2D eigenvalue weighted by Crippen LogP contribution is -2.02. The molecular weight excluding hydrogens is 286 g/mol. The maximum atomic E-state index is 10.8. The van der Waals surface area contributed by atoms with Crippen LogP contribution in [0.1, 0.15) is 15.9 Å². The molecule has 82 valence electrons. The van der Waals surface area contributed by atoms with Crippen molar-refractivity contribution in [1.29, 1.82) is 0 Å². The first-order valence-corrected chi connectivity index (χ1v) is 5.12. The van der Waals surface area contributed by atoms with E-state index in [-0.39, 0.29) is 31.2 Å². The van der Waals surface area contributed by atoms with Crippen LogP contribution in [0.3, 0.4) is 0 Å². The fourth-order valence-corrected chi connectivity index (χ4v) is 2.18. The van der Waals surface area contributed by atoms with Crippen LogP contribution in [0, 0.1) is 0 Å². The van der Waals surface area contributed by atoms with E-state index in [1.54, 1.807) is 0 Å². The fraction of sp³-hybridized carbons (Fsp3) is 0.125. The van der Waals surface area contributed by atoms with E-state index in [0.717, 1.165) is 0 Å². The standard InChI is InChI=1S/C8H4Cl4O3/c9-4-2(1-13)5(10)7(12)3(6(4)11)8(14)15/h13H,1H2,(H,14,15). The summed E-state index contributed by atoms with van der Waals surface area (Å²) in [6, 6.07) is 0. The lowest BCUT2D eigenvalue weighted by atomic mass is 10.1. The van der Waals surface area contributed by atoms with Gasteiger partial charge >= 0.3 is 5.97 Å². The monoisotopic (exact) mass is 288 g/mol. The van der Waals surface area contributed by atoms with Gasteiger partial charge in [0.15, 0.2) is 0 Å². The van der Waals surface area contributed by atoms with Gasteiger partial charge in [-0.2, -0.15) is 0 Å². The number of aliphatic hydroxyl groups excluding tert-OH is 1. The van der Waals surface area contributed by atoms with Gasteiger partial charge in [-0.3, -0.25) is 0 Å². The molecule has 0 bridgehead atoms. The van der Waals surface area contributed by atoms with Crippen molar-refractivity contribution in [3.05, 3.63) is 31.2 Å². The average molecular weight is 290 g/mol. The Morgan fingerprint density at radius 3 is 1.67 bits per heavy atom.